The Morgan fingerprint density at radius 2 is 1.70 bits per heavy atom. The molecule has 1 heterocycles. The zero-order valence-corrected chi connectivity index (χ0v) is 18.7. The standard InChI is InChI=1S/C25H22N4O3S/c1-31-21-14-12-18(13-15-21)16-22(27-23(30)19-8-4-2-5-9-19)24-28-29(25(33)32-24)17-26-20-10-6-3-7-11-20/h2-16,26H,17H2,1H3,(H,27,30)/b22-16-. The number of amides is 1. The third-order valence-electron chi connectivity index (χ3n) is 4.75. The number of carbonyl (C=O) groups is 1. The molecule has 0 bridgehead atoms. The number of ether oxygens (including phenoxy) is 1. The third kappa shape index (κ3) is 5.75. The van der Waals surface area contributed by atoms with Crippen LogP contribution in [0.1, 0.15) is 21.8 Å². The molecule has 8 heteroatoms. The Hall–Kier alpha value is -4.17. The average molecular weight is 459 g/mol. The number of nitrogens with zero attached hydrogens (tertiary/aromatic N) is 2. The van der Waals surface area contributed by atoms with E-state index in [1.807, 2.05) is 60.7 Å². The number of aromatic nitrogens is 2. The summed E-state index contributed by atoms with van der Waals surface area (Å²) in [4.78, 5) is 13.0. The highest BCUT2D eigenvalue weighted by atomic mass is 32.1. The van der Waals surface area contributed by atoms with Crippen molar-refractivity contribution < 1.29 is 13.9 Å². The van der Waals surface area contributed by atoms with Crippen LogP contribution >= 0.6 is 12.2 Å². The monoisotopic (exact) mass is 458 g/mol. The summed E-state index contributed by atoms with van der Waals surface area (Å²) in [5, 5.41) is 10.6. The van der Waals surface area contributed by atoms with Crippen LogP contribution in [0.3, 0.4) is 0 Å². The third-order valence-corrected chi connectivity index (χ3v) is 5.05. The Balaban J connectivity index is 1.63. The quantitative estimate of drug-likeness (QED) is 0.353. The predicted molar refractivity (Wildman–Crippen MR) is 130 cm³/mol. The summed E-state index contributed by atoms with van der Waals surface area (Å²) in [5.74, 6) is 0.652. The maximum Gasteiger partial charge on any atom is 0.289 e. The second-order valence-electron chi connectivity index (χ2n) is 7.02. The van der Waals surface area contributed by atoms with Crippen molar-refractivity contribution in [2.75, 3.05) is 12.4 Å². The van der Waals surface area contributed by atoms with Gasteiger partial charge in [-0.05, 0) is 60.3 Å². The average Bonchev–Trinajstić information content (AvgIpc) is 3.24. The molecule has 0 fully saturated rings. The first kappa shape index (κ1) is 22.0. The molecule has 3 aromatic carbocycles. The molecule has 0 spiro atoms. The Kier molecular flexibility index (Phi) is 6.96. The number of carbonyl (C=O) groups excluding carboxylic acids is 1. The molecule has 2 N–H and O–H groups in total. The van der Waals surface area contributed by atoms with Crippen LogP contribution in [0.5, 0.6) is 5.75 Å². The van der Waals surface area contributed by atoms with Crippen LogP contribution in [-0.4, -0.2) is 22.8 Å². The lowest BCUT2D eigenvalue weighted by atomic mass is 10.1. The van der Waals surface area contributed by atoms with Gasteiger partial charge in [-0.25, -0.2) is 4.68 Å². The van der Waals surface area contributed by atoms with Crippen molar-refractivity contribution in [1.82, 2.24) is 15.1 Å². The summed E-state index contributed by atoms with van der Waals surface area (Å²) in [5.41, 5.74) is 2.66. The van der Waals surface area contributed by atoms with E-state index in [2.05, 4.69) is 15.7 Å². The number of rotatable bonds is 8. The fraction of sp³-hybridized carbons (Fsp3) is 0.0800. The lowest BCUT2D eigenvalue weighted by molar-refractivity contribution is 0.0973. The zero-order valence-electron chi connectivity index (χ0n) is 17.9. The second kappa shape index (κ2) is 10.4. The van der Waals surface area contributed by atoms with Crippen LogP contribution in [0.25, 0.3) is 11.8 Å². The number of hydrogen-bond acceptors (Lipinski definition) is 6. The predicted octanol–water partition coefficient (Wildman–Crippen LogP) is 5.21. The van der Waals surface area contributed by atoms with Crippen LogP contribution in [0.15, 0.2) is 89.3 Å². The minimum atomic E-state index is -0.284. The normalized spacial score (nSPS) is 11.1. The fourth-order valence-corrected chi connectivity index (χ4v) is 3.22. The van der Waals surface area contributed by atoms with Gasteiger partial charge in [0.1, 0.15) is 18.1 Å². The van der Waals surface area contributed by atoms with Gasteiger partial charge in [0, 0.05) is 11.3 Å². The maximum absolute atomic E-state index is 12.8. The van der Waals surface area contributed by atoms with Gasteiger partial charge in [-0.2, -0.15) is 0 Å². The Morgan fingerprint density at radius 3 is 2.36 bits per heavy atom. The van der Waals surface area contributed by atoms with Gasteiger partial charge in [0.05, 0.1) is 7.11 Å². The van der Waals surface area contributed by atoms with Crippen molar-refractivity contribution in [1.29, 1.82) is 0 Å². The van der Waals surface area contributed by atoms with E-state index < -0.39 is 0 Å². The molecular formula is C25H22N4O3S. The van der Waals surface area contributed by atoms with Crippen molar-refractivity contribution >= 4 is 35.6 Å². The second-order valence-corrected chi connectivity index (χ2v) is 7.37. The molecule has 4 rings (SSSR count). The van der Waals surface area contributed by atoms with Crippen molar-refractivity contribution in [3.05, 3.63) is 107 Å². The number of methoxy groups -OCH3 is 1. The van der Waals surface area contributed by atoms with E-state index in [9.17, 15) is 4.79 Å². The van der Waals surface area contributed by atoms with Crippen molar-refractivity contribution in [3.8, 4) is 5.75 Å². The first-order valence-corrected chi connectivity index (χ1v) is 10.6. The van der Waals surface area contributed by atoms with E-state index in [0.29, 0.717) is 17.9 Å². The van der Waals surface area contributed by atoms with Gasteiger partial charge >= 0.3 is 0 Å². The number of para-hydroxylation sites is 1. The molecule has 7 nitrogen and oxygen atoms in total. The minimum Gasteiger partial charge on any atom is -0.497 e. The molecule has 0 saturated heterocycles. The number of hydrogen-bond donors (Lipinski definition) is 2. The van der Waals surface area contributed by atoms with Gasteiger partial charge in [0.2, 0.25) is 0 Å². The molecular weight excluding hydrogens is 436 g/mol. The SMILES string of the molecule is COc1ccc(/C=C(\NC(=O)c2ccccc2)c2nn(CNc3ccccc3)c(=S)o2)cc1. The van der Waals surface area contributed by atoms with Crippen LogP contribution in [0.4, 0.5) is 5.69 Å². The molecule has 1 aromatic heterocycles. The molecule has 0 unspecified atom stereocenters. The number of benzene rings is 3. The summed E-state index contributed by atoms with van der Waals surface area (Å²) < 4.78 is 12.5. The molecule has 0 aliphatic heterocycles. The summed E-state index contributed by atoms with van der Waals surface area (Å²) in [6.07, 6.45) is 1.77. The highest BCUT2D eigenvalue weighted by molar-refractivity contribution is 7.71. The number of anilines is 1. The van der Waals surface area contributed by atoms with Gasteiger partial charge < -0.3 is 19.8 Å². The molecule has 166 valence electrons. The first-order valence-electron chi connectivity index (χ1n) is 10.2. The summed E-state index contributed by atoms with van der Waals surface area (Å²) in [7, 11) is 1.61. The zero-order chi connectivity index (χ0) is 23.0. The Bertz CT molecular complexity index is 1300. The summed E-state index contributed by atoms with van der Waals surface area (Å²) in [6, 6.07) is 26.0. The Labute approximate surface area is 196 Å². The lowest BCUT2D eigenvalue weighted by Crippen LogP contribution is -2.22. The van der Waals surface area contributed by atoms with Crippen LogP contribution in [-0.2, 0) is 6.67 Å². The van der Waals surface area contributed by atoms with Crippen LogP contribution in [0, 0.1) is 4.84 Å². The molecule has 33 heavy (non-hydrogen) atoms. The van der Waals surface area contributed by atoms with E-state index in [4.69, 9.17) is 21.4 Å². The van der Waals surface area contributed by atoms with Crippen LogP contribution < -0.4 is 15.4 Å². The topological polar surface area (TPSA) is 81.3 Å². The lowest BCUT2D eigenvalue weighted by Gasteiger charge is -2.08. The molecule has 0 aliphatic carbocycles. The summed E-state index contributed by atoms with van der Waals surface area (Å²) >= 11 is 5.35. The highest BCUT2D eigenvalue weighted by Gasteiger charge is 2.16. The van der Waals surface area contributed by atoms with Crippen molar-refractivity contribution in [3.63, 3.8) is 0 Å². The van der Waals surface area contributed by atoms with Gasteiger partial charge in [-0.15, -0.1) is 5.10 Å². The minimum absolute atomic E-state index is 0.183. The van der Waals surface area contributed by atoms with Gasteiger partial charge in [0.15, 0.2) is 0 Å². The van der Waals surface area contributed by atoms with E-state index in [1.165, 1.54) is 4.68 Å². The molecule has 0 atom stereocenters. The smallest absolute Gasteiger partial charge is 0.289 e. The van der Waals surface area contributed by atoms with E-state index in [1.54, 1.807) is 37.5 Å². The molecule has 1 amide bonds. The first-order chi connectivity index (χ1) is 16.1. The number of nitrogens with one attached hydrogen (secondary N) is 2. The van der Waals surface area contributed by atoms with E-state index >= 15 is 0 Å². The highest BCUT2D eigenvalue weighted by Crippen LogP contribution is 2.19. The Morgan fingerprint density at radius 1 is 1.03 bits per heavy atom. The van der Waals surface area contributed by atoms with Crippen LogP contribution in [0.2, 0.25) is 0 Å². The van der Waals surface area contributed by atoms with Gasteiger partial charge in [-0.3, -0.25) is 4.79 Å². The molecule has 0 saturated carbocycles. The maximum atomic E-state index is 12.8. The molecule has 0 aliphatic rings. The fourth-order valence-electron chi connectivity index (χ4n) is 3.04. The molecule has 4 aromatic rings. The van der Waals surface area contributed by atoms with Crippen molar-refractivity contribution in [2.24, 2.45) is 0 Å². The van der Waals surface area contributed by atoms with Crippen molar-refractivity contribution in [2.45, 2.75) is 6.67 Å². The largest absolute Gasteiger partial charge is 0.497 e. The van der Waals surface area contributed by atoms with Gasteiger partial charge in [0.25, 0.3) is 16.6 Å². The molecule has 0 radical (unpaired) electrons. The van der Waals surface area contributed by atoms with E-state index in [0.717, 1.165) is 17.0 Å². The van der Waals surface area contributed by atoms with E-state index in [-0.39, 0.29) is 16.6 Å². The van der Waals surface area contributed by atoms with Gasteiger partial charge in [-0.1, -0.05) is 48.5 Å². The summed E-state index contributed by atoms with van der Waals surface area (Å²) in [6.45, 7) is 0.314.